The summed E-state index contributed by atoms with van der Waals surface area (Å²) in [6, 6.07) is 13.5. The fourth-order valence-electron chi connectivity index (χ4n) is 3.87. The van der Waals surface area contributed by atoms with Gasteiger partial charge in [-0.3, -0.25) is 14.5 Å². The molecule has 0 spiro atoms. The minimum absolute atomic E-state index is 0.169. The normalized spacial score (nSPS) is 21.3. The molecule has 34 heavy (non-hydrogen) atoms. The van der Waals surface area contributed by atoms with Crippen LogP contribution in [0.15, 0.2) is 54.9 Å². The summed E-state index contributed by atoms with van der Waals surface area (Å²) in [5.41, 5.74) is -0.183. The molecule has 2 N–H and O–H groups in total. The third-order valence-electron chi connectivity index (χ3n) is 5.71. The fraction of sp³-hybridized carbons (Fsp3) is 0.273. The van der Waals surface area contributed by atoms with Crippen molar-refractivity contribution in [3.63, 3.8) is 0 Å². The number of urea groups is 1. The third kappa shape index (κ3) is 3.89. The van der Waals surface area contributed by atoms with Gasteiger partial charge in [-0.05, 0) is 47.2 Å². The molecule has 3 aromatic rings. The zero-order valence-electron chi connectivity index (χ0n) is 18.2. The van der Waals surface area contributed by atoms with Crippen molar-refractivity contribution in [2.75, 3.05) is 19.7 Å². The number of hydrogen-bond acceptors (Lipinski definition) is 8. The Balaban J connectivity index is 1.22. The van der Waals surface area contributed by atoms with Gasteiger partial charge in [-0.1, -0.05) is 24.3 Å². The number of carbonyl (C=O) groups excluding carboxylic acids is 3. The highest BCUT2D eigenvalue weighted by Gasteiger charge is 2.49. The molecule has 0 aliphatic carbocycles. The van der Waals surface area contributed by atoms with Crippen molar-refractivity contribution in [1.82, 2.24) is 35.7 Å². The van der Waals surface area contributed by atoms with Crippen molar-refractivity contribution in [1.29, 1.82) is 0 Å². The Kier molecular flexibility index (Phi) is 5.32. The first kappa shape index (κ1) is 21.4. The molecule has 2 aromatic carbocycles. The number of ether oxygens (including phenoxy) is 2. The van der Waals surface area contributed by atoms with Gasteiger partial charge in [0.1, 0.15) is 31.1 Å². The highest BCUT2D eigenvalue weighted by molar-refractivity contribution is 6.09. The molecule has 2 atom stereocenters. The van der Waals surface area contributed by atoms with Gasteiger partial charge in [-0.15, -0.1) is 5.10 Å². The van der Waals surface area contributed by atoms with E-state index in [4.69, 9.17) is 9.47 Å². The lowest BCUT2D eigenvalue weighted by molar-refractivity contribution is -0.134. The maximum absolute atomic E-state index is 13.2. The molecule has 1 aromatic heterocycles. The predicted octanol–water partition coefficient (Wildman–Crippen LogP) is 0.386. The second-order valence-electron chi connectivity index (χ2n) is 8.05. The van der Waals surface area contributed by atoms with E-state index >= 15 is 0 Å². The van der Waals surface area contributed by atoms with Gasteiger partial charge in [0, 0.05) is 0 Å². The lowest BCUT2D eigenvalue weighted by Gasteiger charge is -2.26. The number of aromatic nitrogens is 4. The number of para-hydroxylation sites is 2. The van der Waals surface area contributed by atoms with Crippen molar-refractivity contribution in [3.05, 3.63) is 60.4 Å². The molecule has 4 amide bonds. The Morgan fingerprint density at radius 1 is 1.21 bits per heavy atom. The second kappa shape index (κ2) is 8.46. The monoisotopic (exact) mass is 463 g/mol. The molecule has 0 radical (unpaired) electrons. The summed E-state index contributed by atoms with van der Waals surface area (Å²) in [5.74, 6) is 0.222. The number of rotatable bonds is 6. The molecule has 12 nitrogen and oxygen atoms in total. The van der Waals surface area contributed by atoms with E-state index in [0.717, 1.165) is 4.90 Å². The quantitative estimate of drug-likeness (QED) is 0.500. The van der Waals surface area contributed by atoms with Gasteiger partial charge in [0.05, 0.1) is 12.2 Å². The van der Waals surface area contributed by atoms with Crippen LogP contribution in [0, 0.1) is 0 Å². The average molecular weight is 463 g/mol. The van der Waals surface area contributed by atoms with E-state index < -0.39 is 29.9 Å². The summed E-state index contributed by atoms with van der Waals surface area (Å²) < 4.78 is 12.9. The number of nitrogens with zero attached hydrogens (tertiary/aromatic N) is 5. The number of amides is 4. The SMILES string of the molecule is CC1(c2cccc(-n3cnnn3)c2)NC(=O)N(CC(=O)NCC2COc3ccccc3O2)C1=O. The fourth-order valence-corrected chi connectivity index (χ4v) is 3.87. The molecular formula is C22H21N7O5. The third-order valence-corrected chi connectivity index (χ3v) is 5.71. The lowest BCUT2D eigenvalue weighted by Crippen LogP contribution is -2.46. The summed E-state index contributed by atoms with van der Waals surface area (Å²) in [6.07, 6.45) is 1.04. The molecule has 3 heterocycles. The summed E-state index contributed by atoms with van der Waals surface area (Å²) in [4.78, 5) is 39.2. The Morgan fingerprint density at radius 3 is 2.82 bits per heavy atom. The molecule has 2 aliphatic heterocycles. The number of carbonyl (C=O) groups is 3. The summed E-state index contributed by atoms with van der Waals surface area (Å²) in [6.45, 7) is 1.61. The van der Waals surface area contributed by atoms with Crippen LogP contribution in [0.1, 0.15) is 12.5 Å². The maximum Gasteiger partial charge on any atom is 0.325 e. The molecule has 2 unspecified atom stereocenters. The van der Waals surface area contributed by atoms with E-state index in [1.54, 1.807) is 43.3 Å². The standard InChI is InChI=1S/C22H21N7O5/c1-22(14-5-4-6-15(9-14)29-13-24-26-27-29)20(31)28(21(32)25-22)11-19(30)23-10-16-12-33-17-7-2-3-8-18(17)34-16/h2-9,13,16H,10-12H2,1H3,(H,23,30)(H,25,32). The maximum atomic E-state index is 13.2. The van der Waals surface area contributed by atoms with E-state index in [1.807, 2.05) is 12.1 Å². The number of fused-ring (bicyclic) bond motifs is 1. The minimum atomic E-state index is -1.34. The smallest absolute Gasteiger partial charge is 0.325 e. The molecule has 12 heteroatoms. The van der Waals surface area contributed by atoms with Crippen molar-refractivity contribution in [2.24, 2.45) is 0 Å². The number of tetrazole rings is 1. The number of benzene rings is 2. The van der Waals surface area contributed by atoms with E-state index in [-0.39, 0.29) is 19.3 Å². The molecule has 1 fully saturated rings. The number of nitrogens with one attached hydrogen (secondary N) is 2. The van der Waals surface area contributed by atoms with Gasteiger partial charge < -0.3 is 20.1 Å². The van der Waals surface area contributed by atoms with Gasteiger partial charge in [-0.2, -0.15) is 0 Å². The predicted molar refractivity (Wildman–Crippen MR) is 116 cm³/mol. The van der Waals surface area contributed by atoms with Gasteiger partial charge in [0.2, 0.25) is 5.91 Å². The highest BCUT2D eigenvalue weighted by Crippen LogP contribution is 2.31. The van der Waals surface area contributed by atoms with Crippen LogP contribution in [0.3, 0.4) is 0 Å². The second-order valence-corrected chi connectivity index (χ2v) is 8.05. The molecule has 2 aliphatic rings. The number of imide groups is 1. The van der Waals surface area contributed by atoms with Crippen LogP contribution in [-0.2, 0) is 15.1 Å². The van der Waals surface area contributed by atoms with Crippen LogP contribution in [0.2, 0.25) is 0 Å². The van der Waals surface area contributed by atoms with Gasteiger partial charge in [-0.25, -0.2) is 9.48 Å². The van der Waals surface area contributed by atoms with E-state index in [1.165, 1.54) is 11.0 Å². The van der Waals surface area contributed by atoms with Gasteiger partial charge in [0.15, 0.2) is 11.5 Å². The topological polar surface area (TPSA) is 141 Å². The first-order valence-corrected chi connectivity index (χ1v) is 10.6. The van der Waals surface area contributed by atoms with E-state index in [9.17, 15) is 14.4 Å². The van der Waals surface area contributed by atoms with E-state index in [0.29, 0.717) is 22.7 Å². The van der Waals surface area contributed by atoms with Crippen molar-refractivity contribution >= 4 is 17.8 Å². The Labute approximate surface area is 193 Å². The van der Waals surface area contributed by atoms with Crippen molar-refractivity contribution in [3.8, 4) is 17.2 Å². The molecule has 1 saturated heterocycles. The van der Waals surface area contributed by atoms with Gasteiger partial charge >= 0.3 is 6.03 Å². The van der Waals surface area contributed by atoms with Crippen LogP contribution in [-0.4, -0.2) is 68.8 Å². The van der Waals surface area contributed by atoms with Crippen LogP contribution in [0.5, 0.6) is 11.5 Å². The zero-order chi connectivity index (χ0) is 23.7. The van der Waals surface area contributed by atoms with Crippen LogP contribution < -0.4 is 20.1 Å². The summed E-state index contributed by atoms with van der Waals surface area (Å²) in [5, 5.41) is 16.4. The van der Waals surface area contributed by atoms with Crippen molar-refractivity contribution in [2.45, 2.75) is 18.6 Å². The van der Waals surface area contributed by atoms with Gasteiger partial charge in [0.25, 0.3) is 5.91 Å². The van der Waals surface area contributed by atoms with Crippen LogP contribution >= 0.6 is 0 Å². The summed E-state index contributed by atoms with van der Waals surface area (Å²) in [7, 11) is 0. The van der Waals surface area contributed by atoms with E-state index in [2.05, 4.69) is 26.2 Å². The summed E-state index contributed by atoms with van der Waals surface area (Å²) >= 11 is 0. The Hall–Kier alpha value is -4.48. The number of hydrogen-bond donors (Lipinski definition) is 2. The molecule has 174 valence electrons. The first-order chi connectivity index (χ1) is 16.4. The van der Waals surface area contributed by atoms with Crippen LogP contribution in [0.25, 0.3) is 5.69 Å². The molecule has 5 rings (SSSR count). The molecule has 0 saturated carbocycles. The van der Waals surface area contributed by atoms with Crippen LogP contribution in [0.4, 0.5) is 4.79 Å². The first-order valence-electron chi connectivity index (χ1n) is 10.6. The average Bonchev–Trinajstić information content (AvgIpc) is 3.47. The zero-order valence-corrected chi connectivity index (χ0v) is 18.2. The minimum Gasteiger partial charge on any atom is -0.486 e. The Morgan fingerprint density at radius 2 is 2.03 bits per heavy atom. The largest absolute Gasteiger partial charge is 0.486 e. The highest BCUT2D eigenvalue weighted by atomic mass is 16.6. The van der Waals surface area contributed by atoms with Crippen molar-refractivity contribution < 1.29 is 23.9 Å². The lowest BCUT2D eigenvalue weighted by atomic mass is 9.91. The molecule has 0 bridgehead atoms. The molecular weight excluding hydrogens is 442 g/mol. The Bertz CT molecular complexity index is 1250.